The highest BCUT2D eigenvalue weighted by atomic mass is 19.4. The van der Waals surface area contributed by atoms with Gasteiger partial charge in [0.15, 0.2) is 0 Å². The second-order valence-electron chi connectivity index (χ2n) is 7.12. The van der Waals surface area contributed by atoms with Crippen LogP contribution in [0.25, 0.3) is 10.9 Å². The maximum Gasteiger partial charge on any atom is 0.432 e. The Morgan fingerprint density at radius 3 is 2.86 bits per heavy atom. The number of halogens is 3. The lowest BCUT2D eigenvalue weighted by atomic mass is 9.97. The highest BCUT2D eigenvalue weighted by Gasteiger charge is 2.35. The molecule has 1 fully saturated rings. The van der Waals surface area contributed by atoms with E-state index >= 15 is 0 Å². The van der Waals surface area contributed by atoms with Crippen LogP contribution in [0.2, 0.25) is 0 Å². The summed E-state index contributed by atoms with van der Waals surface area (Å²) in [5.74, 6) is -0.0152. The van der Waals surface area contributed by atoms with Crippen LogP contribution in [0.1, 0.15) is 36.0 Å². The summed E-state index contributed by atoms with van der Waals surface area (Å²) in [6.45, 7) is 0.946. The molecule has 148 valence electrons. The van der Waals surface area contributed by atoms with Crippen molar-refractivity contribution in [3.63, 3.8) is 0 Å². The Hall–Kier alpha value is -2.84. The molecular weight excluding hydrogens is 371 g/mol. The molecule has 3 aromatic rings. The zero-order valence-corrected chi connectivity index (χ0v) is 15.3. The van der Waals surface area contributed by atoms with Crippen molar-refractivity contribution in [2.24, 2.45) is 7.05 Å². The number of nitrogens with zero attached hydrogens (tertiary/aromatic N) is 4. The summed E-state index contributed by atoms with van der Waals surface area (Å²) in [6.07, 6.45) is -2.05. The number of aryl methyl sites for hydroxylation is 1. The van der Waals surface area contributed by atoms with Crippen LogP contribution in [0, 0.1) is 0 Å². The topological polar surface area (TPSA) is 66.8 Å². The third kappa shape index (κ3) is 3.48. The van der Waals surface area contributed by atoms with Gasteiger partial charge in [0.1, 0.15) is 11.5 Å². The van der Waals surface area contributed by atoms with E-state index in [2.05, 4.69) is 15.1 Å². The maximum absolute atomic E-state index is 12.8. The van der Waals surface area contributed by atoms with E-state index < -0.39 is 11.9 Å². The van der Waals surface area contributed by atoms with Crippen LogP contribution >= 0.6 is 0 Å². The van der Waals surface area contributed by atoms with Crippen molar-refractivity contribution < 1.29 is 18.0 Å². The SMILES string of the molecule is Cn1nc(CC(=O)N2CCCC(c3ncc(C(F)(F)F)[nH]3)C2)c2ccccc21. The Balaban J connectivity index is 1.48. The van der Waals surface area contributed by atoms with E-state index in [1.807, 2.05) is 31.3 Å². The third-order valence-corrected chi connectivity index (χ3v) is 5.21. The number of hydrogen-bond donors (Lipinski definition) is 1. The van der Waals surface area contributed by atoms with Gasteiger partial charge in [-0.05, 0) is 18.9 Å². The van der Waals surface area contributed by atoms with E-state index in [0.29, 0.717) is 25.2 Å². The van der Waals surface area contributed by atoms with Crippen molar-refractivity contribution in [1.82, 2.24) is 24.6 Å². The minimum atomic E-state index is -4.45. The first kappa shape index (κ1) is 18.5. The van der Waals surface area contributed by atoms with Crippen LogP contribution in [-0.2, 0) is 24.4 Å². The molecule has 0 aliphatic carbocycles. The standard InChI is InChI=1S/C19H20F3N5O/c1-26-15-7-3-2-6-13(15)14(25-26)9-17(28)27-8-4-5-12(11-27)18-23-10-16(24-18)19(20,21)22/h2-3,6-7,10,12H,4-5,8-9,11H2,1H3,(H,23,24). The van der Waals surface area contributed by atoms with Gasteiger partial charge in [0.05, 0.1) is 23.8 Å². The summed E-state index contributed by atoms with van der Waals surface area (Å²) >= 11 is 0. The number of alkyl halides is 3. The fourth-order valence-corrected chi connectivity index (χ4v) is 3.79. The molecule has 1 aromatic carbocycles. The van der Waals surface area contributed by atoms with E-state index in [4.69, 9.17) is 0 Å². The van der Waals surface area contributed by atoms with Crippen LogP contribution in [0.3, 0.4) is 0 Å². The summed E-state index contributed by atoms with van der Waals surface area (Å²) in [7, 11) is 1.84. The van der Waals surface area contributed by atoms with Gasteiger partial charge in [-0.2, -0.15) is 18.3 Å². The smallest absolute Gasteiger partial charge is 0.342 e. The van der Waals surface area contributed by atoms with Crippen molar-refractivity contribution >= 4 is 16.8 Å². The first-order valence-electron chi connectivity index (χ1n) is 9.13. The predicted molar refractivity (Wildman–Crippen MR) is 96.6 cm³/mol. The number of aromatic amines is 1. The Bertz CT molecular complexity index is 1010. The Kier molecular flexibility index (Phi) is 4.60. The fourth-order valence-electron chi connectivity index (χ4n) is 3.79. The van der Waals surface area contributed by atoms with Crippen LogP contribution in [0.15, 0.2) is 30.5 Å². The number of likely N-dealkylation sites (tertiary alicyclic amines) is 1. The molecule has 1 saturated heterocycles. The Morgan fingerprint density at radius 1 is 1.32 bits per heavy atom. The quantitative estimate of drug-likeness (QED) is 0.745. The van der Waals surface area contributed by atoms with Gasteiger partial charge in [0.25, 0.3) is 0 Å². The minimum absolute atomic E-state index is 0.0730. The highest BCUT2D eigenvalue weighted by molar-refractivity contribution is 5.87. The van der Waals surface area contributed by atoms with Crippen molar-refractivity contribution in [3.05, 3.63) is 47.7 Å². The number of fused-ring (bicyclic) bond motifs is 1. The number of piperidine rings is 1. The fraction of sp³-hybridized carbons (Fsp3) is 0.421. The minimum Gasteiger partial charge on any atom is -0.342 e. The number of benzene rings is 1. The first-order valence-corrected chi connectivity index (χ1v) is 9.13. The third-order valence-electron chi connectivity index (χ3n) is 5.21. The number of amides is 1. The van der Waals surface area contributed by atoms with Crippen LogP contribution in [-0.4, -0.2) is 43.6 Å². The normalized spacial score (nSPS) is 18.0. The van der Waals surface area contributed by atoms with Crippen LogP contribution < -0.4 is 0 Å². The number of carbonyl (C=O) groups excluding carboxylic acids is 1. The summed E-state index contributed by atoms with van der Waals surface area (Å²) in [4.78, 5) is 20.8. The molecule has 6 nitrogen and oxygen atoms in total. The van der Waals surface area contributed by atoms with Crippen LogP contribution in [0.5, 0.6) is 0 Å². The van der Waals surface area contributed by atoms with Gasteiger partial charge in [-0.1, -0.05) is 18.2 Å². The van der Waals surface area contributed by atoms with E-state index in [-0.39, 0.29) is 24.1 Å². The second kappa shape index (κ2) is 6.96. The first-order chi connectivity index (χ1) is 13.3. The predicted octanol–water partition coefficient (Wildman–Crippen LogP) is 3.26. The lowest BCUT2D eigenvalue weighted by molar-refractivity contribution is -0.141. The molecule has 0 saturated carbocycles. The number of nitrogens with one attached hydrogen (secondary N) is 1. The Labute approximate surface area is 159 Å². The molecule has 3 heterocycles. The number of imidazole rings is 1. The molecule has 1 atom stereocenters. The van der Waals surface area contributed by atoms with Gasteiger partial charge in [-0.25, -0.2) is 4.98 Å². The zero-order valence-electron chi connectivity index (χ0n) is 15.3. The molecule has 0 radical (unpaired) electrons. The van der Waals surface area contributed by atoms with E-state index in [9.17, 15) is 18.0 Å². The van der Waals surface area contributed by atoms with Gasteiger partial charge in [0, 0.05) is 31.4 Å². The molecule has 9 heteroatoms. The molecule has 0 spiro atoms. The van der Waals surface area contributed by atoms with Gasteiger partial charge in [-0.15, -0.1) is 0 Å². The van der Waals surface area contributed by atoms with E-state index in [1.54, 1.807) is 9.58 Å². The lowest BCUT2D eigenvalue weighted by Crippen LogP contribution is -2.40. The number of rotatable bonds is 3. The lowest BCUT2D eigenvalue weighted by Gasteiger charge is -2.31. The summed E-state index contributed by atoms with van der Waals surface area (Å²) in [5.41, 5.74) is 0.811. The monoisotopic (exact) mass is 391 g/mol. The summed E-state index contributed by atoms with van der Waals surface area (Å²) < 4.78 is 40.2. The van der Waals surface area contributed by atoms with Crippen molar-refractivity contribution in [2.75, 3.05) is 13.1 Å². The number of aromatic nitrogens is 4. The largest absolute Gasteiger partial charge is 0.432 e. The molecule has 1 amide bonds. The molecule has 1 aliphatic heterocycles. The van der Waals surface area contributed by atoms with E-state index in [1.165, 1.54) is 0 Å². The van der Waals surface area contributed by atoms with Gasteiger partial charge in [0.2, 0.25) is 5.91 Å². The number of hydrogen-bond acceptors (Lipinski definition) is 3. The Morgan fingerprint density at radius 2 is 2.11 bits per heavy atom. The van der Waals surface area contributed by atoms with Gasteiger partial charge >= 0.3 is 6.18 Å². The zero-order chi connectivity index (χ0) is 19.9. The summed E-state index contributed by atoms with van der Waals surface area (Å²) in [5, 5.41) is 5.40. The summed E-state index contributed by atoms with van der Waals surface area (Å²) in [6, 6.07) is 7.71. The maximum atomic E-state index is 12.8. The molecule has 1 aliphatic rings. The van der Waals surface area contributed by atoms with Crippen molar-refractivity contribution in [2.45, 2.75) is 31.4 Å². The molecule has 1 N–H and O–H groups in total. The highest BCUT2D eigenvalue weighted by Crippen LogP contribution is 2.31. The average Bonchev–Trinajstić information content (AvgIpc) is 3.28. The average molecular weight is 391 g/mol. The van der Waals surface area contributed by atoms with Crippen molar-refractivity contribution in [1.29, 1.82) is 0 Å². The number of carbonyl (C=O) groups is 1. The number of H-pyrrole nitrogens is 1. The van der Waals surface area contributed by atoms with E-state index in [0.717, 1.165) is 23.5 Å². The molecule has 4 rings (SSSR count). The molecule has 0 bridgehead atoms. The second-order valence-corrected chi connectivity index (χ2v) is 7.12. The van der Waals surface area contributed by atoms with Crippen LogP contribution in [0.4, 0.5) is 13.2 Å². The van der Waals surface area contributed by atoms with Gasteiger partial charge < -0.3 is 9.88 Å². The number of para-hydroxylation sites is 1. The molecule has 28 heavy (non-hydrogen) atoms. The van der Waals surface area contributed by atoms with Gasteiger partial charge in [-0.3, -0.25) is 9.48 Å². The molecule has 2 aromatic heterocycles. The van der Waals surface area contributed by atoms with Crippen molar-refractivity contribution in [3.8, 4) is 0 Å². The molecule has 1 unspecified atom stereocenters. The molecular formula is C19H20F3N5O.